The Hall–Kier alpha value is -2.66. The molecule has 0 bridgehead atoms. The van der Waals surface area contributed by atoms with E-state index in [1.54, 1.807) is 0 Å². The van der Waals surface area contributed by atoms with E-state index in [9.17, 15) is 4.79 Å². The number of carbonyl (C=O) groups is 1. The Balaban J connectivity index is 1.56. The van der Waals surface area contributed by atoms with Gasteiger partial charge < -0.3 is 10.6 Å². The average Bonchev–Trinajstić information content (AvgIpc) is 3.28. The van der Waals surface area contributed by atoms with Crippen LogP contribution in [-0.2, 0) is 13.6 Å². The lowest BCUT2D eigenvalue weighted by Gasteiger charge is -2.14. The lowest BCUT2D eigenvalue weighted by Crippen LogP contribution is -2.25. The van der Waals surface area contributed by atoms with Gasteiger partial charge in [-0.2, -0.15) is 5.10 Å². The Morgan fingerprint density at radius 3 is 2.96 bits per heavy atom. The molecule has 2 aromatic carbocycles. The first-order valence-corrected chi connectivity index (χ1v) is 9.13. The van der Waals surface area contributed by atoms with Crippen molar-refractivity contribution in [2.24, 2.45) is 7.05 Å². The van der Waals surface area contributed by atoms with E-state index in [0.717, 1.165) is 47.2 Å². The summed E-state index contributed by atoms with van der Waals surface area (Å²) in [4.78, 5) is 12.8. The number of nitrogens with zero attached hydrogens (tertiary/aromatic N) is 2. The first-order chi connectivity index (χ1) is 12.6. The van der Waals surface area contributed by atoms with Crippen LogP contribution in [0.3, 0.4) is 0 Å². The summed E-state index contributed by atoms with van der Waals surface area (Å²) in [5.74, 6) is 0.384. The van der Waals surface area contributed by atoms with E-state index in [1.807, 2.05) is 29.9 Å². The van der Waals surface area contributed by atoms with Gasteiger partial charge in [0.05, 0.1) is 17.8 Å². The Labute approximate surface area is 153 Å². The largest absolute Gasteiger partial charge is 0.346 e. The summed E-state index contributed by atoms with van der Waals surface area (Å²) in [5.41, 5.74) is 5.09. The number of nitrogens with one attached hydrogen (secondary N) is 2. The van der Waals surface area contributed by atoms with Crippen LogP contribution in [0.1, 0.15) is 39.5 Å². The lowest BCUT2D eigenvalue weighted by atomic mass is 9.93. The normalized spacial score (nSPS) is 16.9. The summed E-state index contributed by atoms with van der Waals surface area (Å²) in [6.07, 6.45) is 1.08. The van der Waals surface area contributed by atoms with Crippen LogP contribution in [0.4, 0.5) is 0 Å². The Morgan fingerprint density at radius 1 is 1.31 bits per heavy atom. The maximum absolute atomic E-state index is 12.8. The average molecular weight is 348 g/mol. The van der Waals surface area contributed by atoms with E-state index in [2.05, 4.69) is 46.9 Å². The van der Waals surface area contributed by atoms with Crippen LogP contribution in [0, 0.1) is 6.92 Å². The number of benzene rings is 2. The fourth-order valence-electron chi connectivity index (χ4n) is 3.82. The molecule has 0 aliphatic carbocycles. The minimum Gasteiger partial charge on any atom is -0.346 e. The molecule has 1 fully saturated rings. The highest BCUT2D eigenvalue weighted by atomic mass is 16.1. The highest BCUT2D eigenvalue weighted by Gasteiger charge is 2.22. The fraction of sp³-hybridized carbons (Fsp3) is 0.333. The van der Waals surface area contributed by atoms with E-state index >= 15 is 0 Å². The molecule has 1 saturated heterocycles. The summed E-state index contributed by atoms with van der Waals surface area (Å²) >= 11 is 0. The zero-order valence-corrected chi connectivity index (χ0v) is 15.2. The van der Waals surface area contributed by atoms with Crippen molar-refractivity contribution in [1.82, 2.24) is 20.4 Å². The molecule has 2 heterocycles. The molecule has 0 saturated carbocycles. The van der Waals surface area contributed by atoms with Gasteiger partial charge in [0, 0.05) is 24.5 Å². The molecule has 26 heavy (non-hydrogen) atoms. The number of aromatic nitrogens is 2. The molecule has 0 spiro atoms. The van der Waals surface area contributed by atoms with Crippen molar-refractivity contribution >= 4 is 16.8 Å². The van der Waals surface area contributed by atoms with Crippen molar-refractivity contribution in [3.05, 3.63) is 64.8 Å². The van der Waals surface area contributed by atoms with E-state index in [0.29, 0.717) is 12.5 Å². The number of hydrogen-bond acceptors (Lipinski definition) is 3. The first-order valence-electron chi connectivity index (χ1n) is 9.13. The number of hydrogen-bond donors (Lipinski definition) is 2. The molecule has 134 valence electrons. The molecule has 1 aromatic heterocycles. The Bertz CT molecular complexity index is 954. The van der Waals surface area contributed by atoms with Crippen molar-refractivity contribution in [2.75, 3.05) is 13.1 Å². The van der Waals surface area contributed by atoms with Gasteiger partial charge in [0.25, 0.3) is 5.91 Å². The van der Waals surface area contributed by atoms with Gasteiger partial charge in [-0.3, -0.25) is 9.48 Å². The molecule has 2 N–H and O–H groups in total. The minimum atomic E-state index is -0.0287. The van der Waals surface area contributed by atoms with Crippen LogP contribution in [0.5, 0.6) is 0 Å². The smallest absolute Gasteiger partial charge is 0.251 e. The molecule has 0 unspecified atom stereocenters. The maximum atomic E-state index is 12.8. The third-order valence-corrected chi connectivity index (χ3v) is 5.20. The number of rotatable bonds is 4. The predicted molar refractivity (Wildman–Crippen MR) is 103 cm³/mol. The van der Waals surface area contributed by atoms with Gasteiger partial charge in [-0.25, -0.2) is 0 Å². The monoisotopic (exact) mass is 348 g/mol. The molecule has 1 amide bonds. The van der Waals surface area contributed by atoms with E-state index in [-0.39, 0.29) is 5.91 Å². The van der Waals surface area contributed by atoms with Crippen LogP contribution < -0.4 is 10.6 Å². The van der Waals surface area contributed by atoms with Gasteiger partial charge in [-0.1, -0.05) is 29.8 Å². The summed E-state index contributed by atoms with van der Waals surface area (Å²) in [7, 11) is 1.94. The van der Waals surface area contributed by atoms with Crippen LogP contribution in [0.2, 0.25) is 0 Å². The topological polar surface area (TPSA) is 59.0 Å². The second-order valence-corrected chi connectivity index (χ2v) is 7.05. The molecule has 1 aliphatic rings. The fourth-order valence-corrected chi connectivity index (χ4v) is 3.82. The van der Waals surface area contributed by atoms with Gasteiger partial charge in [-0.05, 0) is 49.6 Å². The van der Waals surface area contributed by atoms with Crippen LogP contribution in [-0.4, -0.2) is 28.8 Å². The summed E-state index contributed by atoms with van der Waals surface area (Å²) in [6.45, 7) is 4.45. The zero-order chi connectivity index (χ0) is 18.1. The molecule has 3 aromatic rings. The lowest BCUT2D eigenvalue weighted by molar-refractivity contribution is 0.0949. The summed E-state index contributed by atoms with van der Waals surface area (Å²) in [6, 6.07) is 14.2. The highest BCUT2D eigenvalue weighted by Crippen LogP contribution is 2.26. The van der Waals surface area contributed by atoms with E-state index in [1.165, 1.54) is 5.56 Å². The second kappa shape index (κ2) is 6.92. The van der Waals surface area contributed by atoms with Gasteiger partial charge in [-0.15, -0.1) is 0 Å². The highest BCUT2D eigenvalue weighted by molar-refractivity contribution is 5.96. The molecular weight excluding hydrogens is 324 g/mol. The van der Waals surface area contributed by atoms with Gasteiger partial charge >= 0.3 is 0 Å². The zero-order valence-electron chi connectivity index (χ0n) is 15.2. The van der Waals surface area contributed by atoms with Gasteiger partial charge in [0.2, 0.25) is 0 Å². The number of amides is 1. The van der Waals surface area contributed by atoms with Crippen molar-refractivity contribution in [1.29, 1.82) is 0 Å². The summed E-state index contributed by atoms with van der Waals surface area (Å²) in [5, 5.41) is 12.1. The van der Waals surface area contributed by atoms with Crippen LogP contribution in [0.25, 0.3) is 10.9 Å². The van der Waals surface area contributed by atoms with Crippen molar-refractivity contribution in [3.8, 4) is 0 Å². The minimum absolute atomic E-state index is 0.0287. The molecule has 1 atom stereocenters. The van der Waals surface area contributed by atoms with Gasteiger partial charge in [0.15, 0.2) is 0 Å². The predicted octanol–water partition coefficient (Wildman–Crippen LogP) is 2.89. The second-order valence-electron chi connectivity index (χ2n) is 7.05. The molecule has 5 heteroatoms. The molecule has 4 rings (SSSR count). The van der Waals surface area contributed by atoms with Gasteiger partial charge in [0.1, 0.15) is 0 Å². The van der Waals surface area contributed by atoms with Crippen molar-refractivity contribution in [3.63, 3.8) is 0 Å². The van der Waals surface area contributed by atoms with E-state index < -0.39 is 0 Å². The standard InChI is InChI=1S/C21H24N4O/c1-14-7-8-20-18(11-14)19(24-25(20)2)13-23-21(26)17-6-4-3-5-16(17)15-9-10-22-12-15/h3-8,11,15,22H,9-10,12-13H2,1-2H3,(H,23,26)/t15-/m1/s1. The molecule has 5 nitrogen and oxygen atoms in total. The van der Waals surface area contributed by atoms with E-state index in [4.69, 9.17) is 0 Å². The molecular formula is C21H24N4O. The maximum Gasteiger partial charge on any atom is 0.251 e. The third-order valence-electron chi connectivity index (χ3n) is 5.20. The quantitative estimate of drug-likeness (QED) is 0.762. The van der Waals surface area contributed by atoms with Crippen LogP contribution >= 0.6 is 0 Å². The third kappa shape index (κ3) is 3.10. The van der Waals surface area contributed by atoms with Crippen molar-refractivity contribution in [2.45, 2.75) is 25.8 Å². The molecule has 1 aliphatic heterocycles. The SMILES string of the molecule is Cc1ccc2c(c1)c(CNC(=O)c1ccccc1[C@@H]1CCNC1)nn2C. The van der Waals surface area contributed by atoms with Crippen molar-refractivity contribution < 1.29 is 4.79 Å². The Kier molecular flexibility index (Phi) is 4.47. The number of aryl methyl sites for hydroxylation is 2. The summed E-state index contributed by atoms with van der Waals surface area (Å²) < 4.78 is 1.87. The number of fused-ring (bicyclic) bond motifs is 1. The van der Waals surface area contributed by atoms with Crippen LogP contribution in [0.15, 0.2) is 42.5 Å². The molecule has 0 radical (unpaired) electrons. The Morgan fingerprint density at radius 2 is 2.15 bits per heavy atom. The number of carbonyl (C=O) groups excluding carboxylic acids is 1. The first kappa shape index (κ1) is 16.8.